The molecule has 3 aromatic rings. The van der Waals surface area contributed by atoms with Gasteiger partial charge in [-0.1, -0.05) is 0 Å². The predicted octanol–water partition coefficient (Wildman–Crippen LogP) is 3.69. The zero-order valence-electron chi connectivity index (χ0n) is 14.2. The van der Waals surface area contributed by atoms with Gasteiger partial charge in [0.25, 0.3) is 0 Å². The van der Waals surface area contributed by atoms with E-state index in [1.807, 2.05) is 31.2 Å². The van der Waals surface area contributed by atoms with Gasteiger partial charge in [0.15, 0.2) is 0 Å². The van der Waals surface area contributed by atoms with Crippen molar-refractivity contribution in [3.05, 3.63) is 42.4 Å². The molecule has 3 heterocycles. The van der Waals surface area contributed by atoms with Gasteiger partial charge in [0, 0.05) is 16.3 Å². The van der Waals surface area contributed by atoms with E-state index in [0.717, 1.165) is 23.0 Å². The third-order valence-electron chi connectivity index (χ3n) is 3.62. The molecule has 0 atom stereocenters. The van der Waals surface area contributed by atoms with Crippen molar-refractivity contribution in [1.29, 1.82) is 0 Å². The van der Waals surface area contributed by atoms with Crippen molar-refractivity contribution in [2.45, 2.75) is 18.4 Å². The zero-order valence-corrected chi connectivity index (χ0v) is 15.0. The number of nitrogens with one attached hydrogen (secondary N) is 3. The van der Waals surface area contributed by atoms with Crippen LogP contribution in [0.25, 0.3) is 0 Å². The summed E-state index contributed by atoms with van der Waals surface area (Å²) in [6.45, 7) is 2.84. The number of furan rings is 1. The Hall–Kier alpha value is -2.94. The molecule has 0 spiro atoms. The first kappa shape index (κ1) is 16.5. The van der Waals surface area contributed by atoms with Gasteiger partial charge in [-0.25, -0.2) is 0 Å². The molecule has 4 rings (SSSR count). The van der Waals surface area contributed by atoms with E-state index in [2.05, 4.69) is 37.0 Å². The van der Waals surface area contributed by atoms with Gasteiger partial charge in [0.1, 0.15) is 5.76 Å². The second-order valence-electron chi connectivity index (χ2n) is 5.43. The first-order valence-corrected chi connectivity index (χ1v) is 9.21. The predicted molar refractivity (Wildman–Crippen MR) is 101 cm³/mol. The summed E-state index contributed by atoms with van der Waals surface area (Å²) in [4.78, 5) is 14.2. The van der Waals surface area contributed by atoms with Crippen LogP contribution < -0.4 is 20.7 Å². The number of ether oxygens (including phenoxy) is 1. The van der Waals surface area contributed by atoms with Crippen LogP contribution in [0.4, 0.5) is 23.3 Å². The topological polar surface area (TPSA) is 97.1 Å². The van der Waals surface area contributed by atoms with E-state index in [4.69, 9.17) is 9.15 Å². The van der Waals surface area contributed by atoms with E-state index in [0.29, 0.717) is 25.0 Å². The lowest BCUT2D eigenvalue weighted by atomic mass is 10.3. The molecule has 26 heavy (non-hydrogen) atoms. The van der Waals surface area contributed by atoms with Crippen LogP contribution in [-0.2, 0) is 6.54 Å². The van der Waals surface area contributed by atoms with Crippen LogP contribution in [0.1, 0.15) is 12.7 Å². The van der Waals surface area contributed by atoms with Gasteiger partial charge in [-0.15, -0.1) is 11.8 Å². The van der Waals surface area contributed by atoms with Crippen molar-refractivity contribution < 1.29 is 9.15 Å². The first-order valence-electron chi connectivity index (χ1n) is 8.23. The van der Waals surface area contributed by atoms with Gasteiger partial charge in [0.05, 0.1) is 25.3 Å². The minimum atomic E-state index is 0.268. The largest absolute Gasteiger partial charge is 0.467 e. The highest BCUT2D eigenvalue weighted by atomic mass is 32.2. The Labute approximate surface area is 154 Å². The Morgan fingerprint density at radius 2 is 2.15 bits per heavy atom. The highest BCUT2D eigenvalue weighted by Gasteiger charge is 2.12. The van der Waals surface area contributed by atoms with E-state index in [9.17, 15) is 0 Å². The van der Waals surface area contributed by atoms with Crippen LogP contribution in [0.2, 0.25) is 0 Å². The van der Waals surface area contributed by atoms with Crippen LogP contribution in [0, 0.1) is 0 Å². The fourth-order valence-electron chi connectivity index (χ4n) is 2.45. The van der Waals surface area contributed by atoms with E-state index >= 15 is 0 Å². The Morgan fingerprint density at radius 1 is 1.23 bits per heavy atom. The van der Waals surface area contributed by atoms with E-state index in [-0.39, 0.29) is 6.01 Å². The molecule has 0 bridgehead atoms. The molecule has 0 amide bonds. The minimum Gasteiger partial charge on any atom is -0.467 e. The second-order valence-corrected chi connectivity index (χ2v) is 6.45. The van der Waals surface area contributed by atoms with Crippen molar-refractivity contribution in [3.63, 3.8) is 0 Å². The number of aromatic nitrogens is 3. The molecule has 0 saturated heterocycles. The summed E-state index contributed by atoms with van der Waals surface area (Å²) in [6.07, 6.45) is 1.63. The third-order valence-corrected chi connectivity index (χ3v) is 4.55. The molecule has 2 aromatic heterocycles. The Kier molecular flexibility index (Phi) is 4.78. The SMILES string of the molecule is CCOc1nc(NCc2ccco2)nc(Nc2ccc3c(c2)SCN3)n1. The van der Waals surface area contributed by atoms with Crippen molar-refractivity contribution in [2.75, 3.05) is 28.4 Å². The van der Waals surface area contributed by atoms with Gasteiger partial charge >= 0.3 is 6.01 Å². The van der Waals surface area contributed by atoms with Gasteiger partial charge in [-0.2, -0.15) is 15.0 Å². The summed E-state index contributed by atoms with van der Waals surface area (Å²) in [5.41, 5.74) is 2.05. The van der Waals surface area contributed by atoms with E-state index < -0.39 is 0 Å². The molecule has 0 fully saturated rings. The Balaban J connectivity index is 1.53. The summed E-state index contributed by atoms with van der Waals surface area (Å²) < 4.78 is 10.8. The molecular formula is C17H18N6O2S. The standard InChI is InChI=1S/C17H18N6O2S/c1-2-24-17-22-15(18-9-12-4-3-7-25-12)21-16(23-17)20-11-5-6-13-14(8-11)26-10-19-13/h3-8,19H,2,9-10H2,1H3,(H2,18,20,21,22,23). The molecule has 1 aliphatic heterocycles. The quantitative estimate of drug-likeness (QED) is 0.575. The molecule has 8 nitrogen and oxygen atoms in total. The summed E-state index contributed by atoms with van der Waals surface area (Å²) in [5, 5.41) is 9.65. The molecular weight excluding hydrogens is 352 g/mol. The van der Waals surface area contributed by atoms with Crippen molar-refractivity contribution in [1.82, 2.24) is 15.0 Å². The number of hydrogen-bond acceptors (Lipinski definition) is 9. The Bertz CT molecular complexity index is 887. The molecule has 0 aliphatic carbocycles. The van der Waals surface area contributed by atoms with E-state index in [1.54, 1.807) is 18.0 Å². The number of rotatable bonds is 7. The van der Waals surface area contributed by atoms with Crippen molar-refractivity contribution in [3.8, 4) is 6.01 Å². The fraction of sp³-hybridized carbons (Fsp3) is 0.235. The fourth-order valence-corrected chi connectivity index (χ4v) is 3.34. The Morgan fingerprint density at radius 3 is 3.00 bits per heavy atom. The molecule has 0 saturated carbocycles. The average molecular weight is 370 g/mol. The van der Waals surface area contributed by atoms with Crippen LogP contribution in [0.15, 0.2) is 45.9 Å². The third kappa shape index (κ3) is 3.83. The maximum Gasteiger partial charge on any atom is 0.323 e. The number of nitrogens with zero attached hydrogens (tertiary/aromatic N) is 3. The monoisotopic (exact) mass is 370 g/mol. The maximum absolute atomic E-state index is 5.46. The highest BCUT2D eigenvalue weighted by Crippen LogP contribution is 2.35. The smallest absolute Gasteiger partial charge is 0.323 e. The molecule has 9 heteroatoms. The summed E-state index contributed by atoms with van der Waals surface area (Å²) >= 11 is 1.76. The summed E-state index contributed by atoms with van der Waals surface area (Å²) in [5.74, 6) is 2.52. The van der Waals surface area contributed by atoms with Gasteiger partial charge in [-0.3, -0.25) is 0 Å². The van der Waals surface area contributed by atoms with Crippen LogP contribution in [0.5, 0.6) is 6.01 Å². The molecule has 3 N–H and O–H groups in total. The van der Waals surface area contributed by atoms with Gasteiger partial charge < -0.3 is 25.1 Å². The summed E-state index contributed by atoms with van der Waals surface area (Å²) in [7, 11) is 0. The number of thioether (sulfide) groups is 1. The lowest BCUT2D eigenvalue weighted by molar-refractivity contribution is 0.312. The normalized spacial score (nSPS) is 12.3. The molecule has 1 aliphatic rings. The van der Waals surface area contributed by atoms with Crippen LogP contribution >= 0.6 is 11.8 Å². The number of benzene rings is 1. The molecule has 0 radical (unpaired) electrons. The molecule has 1 aromatic carbocycles. The molecule has 0 unspecified atom stereocenters. The van der Waals surface area contributed by atoms with E-state index in [1.165, 1.54) is 4.90 Å². The number of fused-ring (bicyclic) bond motifs is 1. The highest BCUT2D eigenvalue weighted by molar-refractivity contribution is 7.99. The zero-order chi connectivity index (χ0) is 17.8. The van der Waals surface area contributed by atoms with Gasteiger partial charge in [-0.05, 0) is 37.3 Å². The van der Waals surface area contributed by atoms with Gasteiger partial charge in [0.2, 0.25) is 11.9 Å². The maximum atomic E-state index is 5.46. The lowest BCUT2D eigenvalue weighted by Gasteiger charge is -2.10. The van der Waals surface area contributed by atoms with Crippen LogP contribution in [-0.4, -0.2) is 27.4 Å². The van der Waals surface area contributed by atoms with Crippen LogP contribution in [0.3, 0.4) is 0 Å². The molecule has 134 valence electrons. The second kappa shape index (κ2) is 7.52. The first-order chi connectivity index (χ1) is 12.8. The number of hydrogen-bond donors (Lipinski definition) is 3. The lowest BCUT2D eigenvalue weighted by Crippen LogP contribution is -2.09. The minimum absolute atomic E-state index is 0.268. The average Bonchev–Trinajstić information content (AvgIpc) is 3.31. The number of anilines is 4. The van der Waals surface area contributed by atoms with Crippen molar-refractivity contribution >= 4 is 35.0 Å². The van der Waals surface area contributed by atoms with Crippen molar-refractivity contribution in [2.24, 2.45) is 0 Å². The summed E-state index contributed by atoms with van der Waals surface area (Å²) in [6, 6.07) is 10.1.